The molecule has 1 amide bonds. The van der Waals surface area contributed by atoms with E-state index < -0.39 is 18.6 Å². The first-order chi connectivity index (χ1) is 13.4. The number of nitriles is 1. The number of nitrogens with zero attached hydrogens (tertiary/aromatic N) is 5. The molecule has 0 atom stereocenters. The summed E-state index contributed by atoms with van der Waals surface area (Å²) in [7, 11) is 0. The monoisotopic (exact) mass is 432 g/mol. The second-order valence-corrected chi connectivity index (χ2v) is 7.55. The Morgan fingerprint density at radius 2 is 2.14 bits per heavy atom. The lowest BCUT2D eigenvalue weighted by atomic mass is 10.3. The van der Waals surface area contributed by atoms with Gasteiger partial charge in [0.05, 0.1) is 24.5 Å². The number of aromatic nitrogens is 3. The molecule has 2 aromatic heterocycles. The molecule has 1 aliphatic heterocycles. The number of carbonyl (C=O) groups excluding carboxylic acids is 1. The van der Waals surface area contributed by atoms with Crippen molar-refractivity contribution in [3.8, 4) is 6.07 Å². The minimum atomic E-state index is -4.46. The van der Waals surface area contributed by atoms with E-state index in [0.717, 1.165) is 16.3 Å². The van der Waals surface area contributed by atoms with E-state index in [4.69, 9.17) is 10.00 Å². The van der Waals surface area contributed by atoms with Crippen LogP contribution in [0.5, 0.6) is 0 Å². The van der Waals surface area contributed by atoms with E-state index in [0.29, 0.717) is 36.9 Å². The second-order valence-electron chi connectivity index (χ2n) is 5.70. The standard InChI is InChI=1S/C15H15F3N6O2S2/c16-15(17,18)9-24-13(23-2-4-26-5-3-23)21-22-14(24)28-8-11(25)20-12-10(7-19)1-6-27-12/h1,6H,2-5,8-9H2,(H,20,25). The third-order valence-corrected chi connectivity index (χ3v) is 5.50. The molecular formula is C15H15F3N6O2S2. The summed E-state index contributed by atoms with van der Waals surface area (Å²) < 4.78 is 45.3. The van der Waals surface area contributed by atoms with Gasteiger partial charge < -0.3 is 15.0 Å². The molecule has 1 saturated heterocycles. The van der Waals surface area contributed by atoms with Gasteiger partial charge in [-0.05, 0) is 11.4 Å². The van der Waals surface area contributed by atoms with Crippen molar-refractivity contribution >= 4 is 40.0 Å². The van der Waals surface area contributed by atoms with Crippen molar-refractivity contribution in [2.45, 2.75) is 17.9 Å². The lowest BCUT2D eigenvalue weighted by Gasteiger charge is -2.28. The highest BCUT2D eigenvalue weighted by Crippen LogP contribution is 2.28. The van der Waals surface area contributed by atoms with Crippen molar-refractivity contribution in [3.63, 3.8) is 0 Å². The van der Waals surface area contributed by atoms with Gasteiger partial charge in [0.2, 0.25) is 11.9 Å². The largest absolute Gasteiger partial charge is 0.406 e. The van der Waals surface area contributed by atoms with Gasteiger partial charge in [-0.1, -0.05) is 11.8 Å². The summed E-state index contributed by atoms with van der Waals surface area (Å²) in [6, 6.07) is 3.52. The maximum atomic E-state index is 13.0. The Hall–Kier alpha value is -2.30. The molecule has 150 valence electrons. The Morgan fingerprint density at radius 1 is 1.39 bits per heavy atom. The lowest BCUT2D eigenvalue weighted by molar-refractivity contribution is -0.141. The van der Waals surface area contributed by atoms with Gasteiger partial charge in [0, 0.05) is 13.1 Å². The number of amides is 1. The van der Waals surface area contributed by atoms with Crippen molar-refractivity contribution in [1.29, 1.82) is 5.26 Å². The van der Waals surface area contributed by atoms with Gasteiger partial charge in [0.15, 0.2) is 5.16 Å². The molecule has 3 rings (SSSR count). The van der Waals surface area contributed by atoms with Crippen molar-refractivity contribution in [3.05, 3.63) is 17.0 Å². The number of hydrogen-bond acceptors (Lipinski definition) is 8. The van der Waals surface area contributed by atoms with E-state index in [9.17, 15) is 18.0 Å². The van der Waals surface area contributed by atoms with Gasteiger partial charge in [-0.2, -0.15) is 18.4 Å². The van der Waals surface area contributed by atoms with E-state index in [-0.39, 0.29) is 16.9 Å². The van der Waals surface area contributed by atoms with Gasteiger partial charge in [0.25, 0.3) is 0 Å². The zero-order valence-corrected chi connectivity index (χ0v) is 16.0. The smallest absolute Gasteiger partial charge is 0.378 e. The summed E-state index contributed by atoms with van der Waals surface area (Å²) in [5, 5.41) is 21.3. The summed E-state index contributed by atoms with van der Waals surface area (Å²) in [5.41, 5.74) is 0.332. The Kier molecular flexibility index (Phi) is 6.42. The summed E-state index contributed by atoms with van der Waals surface area (Å²) >= 11 is 2.05. The Bertz CT molecular complexity index is 870. The number of carbonyl (C=O) groups is 1. The van der Waals surface area contributed by atoms with E-state index in [1.165, 1.54) is 11.3 Å². The zero-order valence-electron chi connectivity index (χ0n) is 14.4. The molecule has 13 heteroatoms. The van der Waals surface area contributed by atoms with Crippen LogP contribution >= 0.6 is 23.1 Å². The maximum Gasteiger partial charge on any atom is 0.406 e. The number of ether oxygens (including phenoxy) is 1. The first kappa shape index (κ1) is 20.4. The molecule has 1 aliphatic rings. The number of hydrogen-bond donors (Lipinski definition) is 1. The first-order valence-electron chi connectivity index (χ1n) is 8.10. The SMILES string of the molecule is N#Cc1ccsc1NC(=O)CSc1nnc(N2CCOCC2)n1CC(F)(F)F. The van der Waals surface area contributed by atoms with Crippen LogP contribution in [0.4, 0.5) is 24.1 Å². The van der Waals surface area contributed by atoms with Crippen molar-refractivity contribution in [1.82, 2.24) is 14.8 Å². The fourth-order valence-corrected chi connectivity index (χ4v) is 3.98. The number of alkyl halides is 3. The molecule has 1 fully saturated rings. The van der Waals surface area contributed by atoms with Gasteiger partial charge >= 0.3 is 6.18 Å². The predicted molar refractivity (Wildman–Crippen MR) is 97.5 cm³/mol. The predicted octanol–water partition coefficient (Wildman–Crippen LogP) is 2.34. The Balaban J connectivity index is 1.71. The van der Waals surface area contributed by atoms with Crippen LogP contribution in [0.15, 0.2) is 16.6 Å². The average Bonchev–Trinajstić information content (AvgIpc) is 3.26. The van der Waals surface area contributed by atoms with Gasteiger partial charge in [-0.25, -0.2) is 0 Å². The molecular weight excluding hydrogens is 417 g/mol. The molecule has 0 unspecified atom stereocenters. The zero-order chi connectivity index (χ0) is 20.1. The lowest BCUT2D eigenvalue weighted by Crippen LogP contribution is -2.38. The minimum absolute atomic E-state index is 0.000605. The number of morpholine rings is 1. The van der Waals surface area contributed by atoms with E-state index in [1.54, 1.807) is 16.3 Å². The third kappa shape index (κ3) is 5.15. The van der Waals surface area contributed by atoms with Crippen LogP contribution < -0.4 is 10.2 Å². The molecule has 0 aromatic carbocycles. The molecule has 28 heavy (non-hydrogen) atoms. The fourth-order valence-electron chi connectivity index (χ4n) is 2.49. The molecule has 1 N–H and O–H groups in total. The number of thiophene rings is 1. The first-order valence-corrected chi connectivity index (χ1v) is 9.97. The molecule has 0 radical (unpaired) electrons. The van der Waals surface area contributed by atoms with Crippen molar-refractivity contribution in [2.75, 3.05) is 42.3 Å². The number of anilines is 2. The summed E-state index contributed by atoms with van der Waals surface area (Å²) in [4.78, 5) is 13.8. The molecule has 0 bridgehead atoms. The Labute approximate surface area is 166 Å². The topological polar surface area (TPSA) is 96.1 Å². The van der Waals surface area contributed by atoms with Crippen LogP contribution in [0.1, 0.15) is 5.56 Å². The number of halogens is 3. The molecule has 8 nitrogen and oxygen atoms in total. The third-order valence-electron chi connectivity index (χ3n) is 3.70. The van der Waals surface area contributed by atoms with Crippen LogP contribution in [-0.4, -0.2) is 58.9 Å². The normalized spacial score (nSPS) is 14.7. The van der Waals surface area contributed by atoms with E-state index >= 15 is 0 Å². The highest BCUT2D eigenvalue weighted by Gasteiger charge is 2.33. The molecule has 0 saturated carbocycles. The quantitative estimate of drug-likeness (QED) is 0.700. The summed E-state index contributed by atoms with van der Waals surface area (Å²) in [6.45, 7) is 0.366. The van der Waals surface area contributed by atoms with Crippen LogP contribution in [0.3, 0.4) is 0 Å². The summed E-state index contributed by atoms with van der Waals surface area (Å²) in [6.07, 6.45) is -4.46. The minimum Gasteiger partial charge on any atom is -0.378 e. The van der Waals surface area contributed by atoms with Crippen molar-refractivity contribution in [2.24, 2.45) is 0 Å². The van der Waals surface area contributed by atoms with Gasteiger partial charge in [0.1, 0.15) is 17.6 Å². The fraction of sp³-hybridized carbons (Fsp3) is 0.467. The van der Waals surface area contributed by atoms with E-state index in [1.807, 2.05) is 6.07 Å². The molecule has 3 heterocycles. The Morgan fingerprint density at radius 3 is 2.82 bits per heavy atom. The summed E-state index contributed by atoms with van der Waals surface area (Å²) in [5.74, 6) is -0.506. The number of nitrogens with one attached hydrogen (secondary N) is 1. The molecule has 0 spiro atoms. The van der Waals surface area contributed by atoms with Crippen LogP contribution in [0, 0.1) is 11.3 Å². The van der Waals surface area contributed by atoms with Crippen molar-refractivity contribution < 1.29 is 22.7 Å². The van der Waals surface area contributed by atoms with Gasteiger partial charge in [-0.15, -0.1) is 21.5 Å². The van der Waals surface area contributed by atoms with Crippen LogP contribution in [0.2, 0.25) is 0 Å². The van der Waals surface area contributed by atoms with Crippen LogP contribution in [-0.2, 0) is 16.1 Å². The number of rotatable bonds is 6. The highest BCUT2D eigenvalue weighted by atomic mass is 32.2. The number of thioether (sulfide) groups is 1. The molecule has 2 aromatic rings. The van der Waals surface area contributed by atoms with Gasteiger partial charge in [-0.3, -0.25) is 9.36 Å². The average molecular weight is 432 g/mol. The highest BCUT2D eigenvalue weighted by molar-refractivity contribution is 7.99. The van der Waals surface area contributed by atoms with Crippen LogP contribution in [0.25, 0.3) is 0 Å². The molecule has 0 aliphatic carbocycles. The van der Waals surface area contributed by atoms with E-state index in [2.05, 4.69) is 15.5 Å². The second kappa shape index (κ2) is 8.80. The maximum absolute atomic E-state index is 13.0.